The molecule has 0 unspecified atom stereocenters. The predicted octanol–water partition coefficient (Wildman–Crippen LogP) is 3.19. The normalized spacial score (nSPS) is 20.5. The van der Waals surface area contributed by atoms with Gasteiger partial charge in [0.2, 0.25) is 0 Å². The van der Waals surface area contributed by atoms with Crippen LogP contribution in [-0.2, 0) is 11.3 Å². The number of carbonyl (C=O) groups is 2. The van der Waals surface area contributed by atoms with Gasteiger partial charge in [-0.3, -0.25) is 19.4 Å². The van der Waals surface area contributed by atoms with Gasteiger partial charge in [0.1, 0.15) is 0 Å². The van der Waals surface area contributed by atoms with E-state index < -0.39 is 0 Å². The molecule has 1 atom stereocenters. The number of piperazine rings is 1. The fourth-order valence-electron chi connectivity index (χ4n) is 5.23. The maximum atomic E-state index is 13.3. The number of imide groups is 1. The summed E-state index contributed by atoms with van der Waals surface area (Å²) in [5, 5.41) is 0. The first-order chi connectivity index (χ1) is 17.1. The lowest BCUT2D eigenvalue weighted by atomic mass is 10.1. The molecule has 3 aliphatic heterocycles. The molecular formula is C27H33N3O5. The molecule has 0 N–H and O–H groups in total. The van der Waals surface area contributed by atoms with Crippen molar-refractivity contribution in [2.45, 2.75) is 32.4 Å². The maximum Gasteiger partial charge on any atom is 0.263 e. The average Bonchev–Trinajstić information content (AvgIpc) is 3.48. The van der Waals surface area contributed by atoms with Gasteiger partial charge in [-0.05, 0) is 49.6 Å². The highest BCUT2D eigenvalue weighted by Gasteiger charge is 2.40. The van der Waals surface area contributed by atoms with Crippen LogP contribution in [0, 0.1) is 0 Å². The van der Waals surface area contributed by atoms with E-state index in [9.17, 15) is 9.59 Å². The van der Waals surface area contributed by atoms with E-state index in [1.54, 1.807) is 13.2 Å². The number of ether oxygens (including phenoxy) is 3. The fourth-order valence-corrected chi connectivity index (χ4v) is 5.23. The van der Waals surface area contributed by atoms with Crippen molar-refractivity contribution in [2.24, 2.45) is 0 Å². The minimum absolute atomic E-state index is 0.0506. The van der Waals surface area contributed by atoms with Crippen molar-refractivity contribution < 1.29 is 23.8 Å². The zero-order chi connectivity index (χ0) is 24.4. The average molecular weight is 480 g/mol. The van der Waals surface area contributed by atoms with Gasteiger partial charge < -0.3 is 19.1 Å². The van der Waals surface area contributed by atoms with Gasteiger partial charge >= 0.3 is 0 Å². The Bertz CT molecular complexity index is 1090. The number of hydrogen-bond donors (Lipinski definition) is 0. The molecule has 8 heteroatoms. The summed E-state index contributed by atoms with van der Waals surface area (Å²) in [4.78, 5) is 32.3. The lowest BCUT2D eigenvalue weighted by Gasteiger charge is -2.36. The molecular weight excluding hydrogens is 446 g/mol. The van der Waals surface area contributed by atoms with E-state index >= 15 is 0 Å². The van der Waals surface area contributed by atoms with Crippen molar-refractivity contribution in [1.82, 2.24) is 9.80 Å². The number of anilines is 1. The Labute approximate surface area is 206 Å². The molecule has 186 valence electrons. The molecule has 2 saturated heterocycles. The van der Waals surface area contributed by atoms with E-state index in [0.29, 0.717) is 30.9 Å². The van der Waals surface area contributed by atoms with Crippen LogP contribution in [0.1, 0.15) is 46.0 Å². The summed E-state index contributed by atoms with van der Waals surface area (Å²) in [6.45, 7) is 7.71. The molecule has 0 aromatic heterocycles. The molecule has 2 aromatic rings. The molecule has 2 fully saturated rings. The smallest absolute Gasteiger partial charge is 0.263 e. The van der Waals surface area contributed by atoms with Gasteiger partial charge in [-0.2, -0.15) is 0 Å². The van der Waals surface area contributed by atoms with Crippen LogP contribution in [0.5, 0.6) is 11.5 Å². The zero-order valence-corrected chi connectivity index (χ0v) is 20.5. The minimum Gasteiger partial charge on any atom is -0.493 e. The lowest BCUT2D eigenvalue weighted by Crippen LogP contribution is -2.46. The van der Waals surface area contributed by atoms with Gasteiger partial charge in [0.25, 0.3) is 11.8 Å². The topological polar surface area (TPSA) is 71.5 Å². The van der Waals surface area contributed by atoms with Crippen molar-refractivity contribution in [3.05, 3.63) is 53.1 Å². The molecule has 8 nitrogen and oxygen atoms in total. The lowest BCUT2D eigenvalue weighted by molar-refractivity contribution is 0.0475. The quantitative estimate of drug-likeness (QED) is 0.539. The van der Waals surface area contributed by atoms with E-state index in [1.807, 2.05) is 31.2 Å². The third kappa shape index (κ3) is 4.73. The SMILES string of the molecule is CCOc1cc(CN2CCN(c3cccc4c3C(=O)N(C[C@@H]3CCCO3)C4=O)CC2)ccc1OC. The summed E-state index contributed by atoms with van der Waals surface area (Å²) < 4.78 is 16.8. The van der Waals surface area contributed by atoms with Crippen molar-refractivity contribution in [1.29, 1.82) is 0 Å². The molecule has 3 aliphatic rings. The molecule has 0 bridgehead atoms. The number of amides is 2. The van der Waals surface area contributed by atoms with Crippen LogP contribution in [0.3, 0.4) is 0 Å². The Morgan fingerprint density at radius 3 is 2.57 bits per heavy atom. The van der Waals surface area contributed by atoms with Crippen molar-refractivity contribution in [3.63, 3.8) is 0 Å². The second-order valence-electron chi connectivity index (χ2n) is 9.24. The standard InChI is InChI=1S/C27H33N3O5/c1-3-34-24-16-19(9-10-23(24)33-2)17-28-11-13-29(14-12-28)22-8-4-7-21-25(22)27(32)30(26(21)31)18-20-6-5-15-35-20/h4,7-10,16,20H,3,5-6,11-15,17-18H2,1-2H3/t20-/m0/s1. The maximum absolute atomic E-state index is 13.3. The first kappa shape index (κ1) is 23.6. The summed E-state index contributed by atoms with van der Waals surface area (Å²) in [7, 11) is 1.65. The van der Waals surface area contributed by atoms with Crippen LogP contribution in [0.15, 0.2) is 36.4 Å². The Hall–Kier alpha value is -3.10. The summed E-state index contributed by atoms with van der Waals surface area (Å²) in [5.74, 6) is 1.11. The summed E-state index contributed by atoms with van der Waals surface area (Å²) in [5.41, 5.74) is 3.09. The Morgan fingerprint density at radius 1 is 1.03 bits per heavy atom. The van der Waals surface area contributed by atoms with Crippen LogP contribution in [0.2, 0.25) is 0 Å². The van der Waals surface area contributed by atoms with E-state index in [1.165, 1.54) is 10.5 Å². The molecule has 0 spiro atoms. The van der Waals surface area contributed by atoms with E-state index in [2.05, 4.69) is 15.9 Å². The van der Waals surface area contributed by atoms with Gasteiger partial charge in [0, 0.05) is 39.3 Å². The van der Waals surface area contributed by atoms with Gasteiger partial charge in [-0.15, -0.1) is 0 Å². The molecule has 0 saturated carbocycles. The number of hydrogen-bond acceptors (Lipinski definition) is 7. The van der Waals surface area contributed by atoms with Gasteiger partial charge in [0.15, 0.2) is 11.5 Å². The monoisotopic (exact) mass is 479 g/mol. The number of carbonyl (C=O) groups excluding carboxylic acids is 2. The predicted molar refractivity (Wildman–Crippen MR) is 132 cm³/mol. The van der Waals surface area contributed by atoms with Crippen LogP contribution < -0.4 is 14.4 Å². The molecule has 3 heterocycles. The zero-order valence-electron chi connectivity index (χ0n) is 20.5. The summed E-state index contributed by atoms with van der Waals surface area (Å²) in [6, 6.07) is 11.7. The highest BCUT2D eigenvalue weighted by Crippen LogP contribution is 2.34. The van der Waals surface area contributed by atoms with Gasteiger partial charge in [-0.1, -0.05) is 12.1 Å². The van der Waals surface area contributed by atoms with Crippen molar-refractivity contribution in [2.75, 3.05) is 57.9 Å². The molecule has 0 radical (unpaired) electrons. The first-order valence-corrected chi connectivity index (χ1v) is 12.5. The van der Waals surface area contributed by atoms with Crippen LogP contribution in [0.4, 0.5) is 5.69 Å². The number of methoxy groups -OCH3 is 1. The van der Waals surface area contributed by atoms with Crippen LogP contribution >= 0.6 is 0 Å². The van der Waals surface area contributed by atoms with Gasteiger partial charge in [0.05, 0.1) is 43.2 Å². The minimum atomic E-state index is -0.203. The highest BCUT2D eigenvalue weighted by molar-refractivity contribution is 6.23. The molecule has 5 rings (SSSR count). The fraction of sp³-hybridized carbons (Fsp3) is 0.481. The third-order valence-corrected chi connectivity index (χ3v) is 7.03. The van der Waals surface area contributed by atoms with Crippen molar-refractivity contribution in [3.8, 4) is 11.5 Å². The second kappa shape index (κ2) is 10.3. The van der Waals surface area contributed by atoms with Crippen LogP contribution in [0.25, 0.3) is 0 Å². The number of benzene rings is 2. The molecule has 2 aromatic carbocycles. The Morgan fingerprint density at radius 2 is 1.86 bits per heavy atom. The van der Waals surface area contributed by atoms with Gasteiger partial charge in [-0.25, -0.2) is 0 Å². The highest BCUT2D eigenvalue weighted by atomic mass is 16.5. The molecule has 0 aliphatic carbocycles. The largest absolute Gasteiger partial charge is 0.493 e. The van der Waals surface area contributed by atoms with E-state index in [4.69, 9.17) is 14.2 Å². The van der Waals surface area contributed by atoms with E-state index in [0.717, 1.165) is 62.8 Å². The Balaban J connectivity index is 1.25. The second-order valence-corrected chi connectivity index (χ2v) is 9.24. The molecule has 35 heavy (non-hydrogen) atoms. The Kier molecular flexibility index (Phi) is 6.92. The molecule has 2 amide bonds. The number of nitrogens with zero attached hydrogens (tertiary/aromatic N) is 3. The number of fused-ring (bicyclic) bond motifs is 1. The van der Waals surface area contributed by atoms with E-state index in [-0.39, 0.29) is 17.9 Å². The van der Waals surface area contributed by atoms with Crippen molar-refractivity contribution >= 4 is 17.5 Å². The summed E-state index contributed by atoms with van der Waals surface area (Å²) >= 11 is 0. The third-order valence-electron chi connectivity index (χ3n) is 7.03. The summed E-state index contributed by atoms with van der Waals surface area (Å²) in [6.07, 6.45) is 1.82. The first-order valence-electron chi connectivity index (χ1n) is 12.5. The number of rotatable bonds is 8. The van der Waals surface area contributed by atoms with Crippen LogP contribution in [-0.4, -0.2) is 80.8 Å².